The Morgan fingerprint density at radius 3 is 2.35 bits per heavy atom. The Morgan fingerprint density at radius 2 is 1.60 bits per heavy atom. The van der Waals surface area contributed by atoms with Crippen molar-refractivity contribution in [3.05, 3.63) is 101 Å². The summed E-state index contributed by atoms with van der Waals surface area (Å²) in [6, 6.07) is 24.4. The Hall–Kier alpha value is -4.24. The first-order valence-electron chi connectivity index (χ1n) is 14.9. The van der Waals surface area contributed by atoms with E-state index < -0.39 is 12.7 Å². The molecule has 2 saturated heterocycles. The Kier molecular flexibility index (Phi) is 8.69. The molecule has 2 amide bonds. The van der Waals surface area contributed by atoms with E-state index in [0.29, 0.717) is 19.4 Å². The second-order valence-corrected chi connectivity index (χ2v) is 11.5. The molecule has 0 radical (unpaired) electrons. The number of carbonyl (C=O) groups excluding carboxylic acids is 2. The van der Waals surface area contributed by atoms with Crippen molar-refractivity contribution in [3.63, 3.8) is 0 Å². The van der Waals surface area contributed by atoms with Crippen LogP contribution >= 0.6 is 0 Å². The first kappa shape index (κ1) is 28.9. The summed E-state index contributed by atoms with van der Waals surface area (Å²) in [5.41, 5.74) is 6.33. The molecule has 0 saturated carbocycles. The van der Waals surface area contributed by atoms with Gasteiger partial charge in [-0.05, 0) is 59.7 Å². The second-order valence-electron chi connectivity index (χ2n) is 11.5. The number of nitrogens with one attached hydrogen (secondary N) is 2. The van der Waals surface area contributed by atoms with Crippen molar-refractivity contribution in [1.82, 2.24) is 15.1 Å². The van der Waals surface area contributed by atoms with Gasteiger partial charge in [0.1, 0.15) is 11.8 Å². The van der Waals surface area contributed by atoms with Gasteiger partial charge >= 0.3 is 6.61 Å². The van der Waals surface area contributed by atoms with Crippen LogP contribution in [-0.2, 0) is 22.6 Å². The number of rotatable bonds is 9. The van der Waals surface area contributed by atoms with Gasteiger partial charge in [-0.15, -0.1) is 0 Å². The van der Waals surface area contributed by atoms with Gasteiger partial charge in [-0.25, -0.2) is 0 Å². The molecule has 2 fully saturated rings. The maximum atomic E-state index is 13.9. The van der Waals surface area contributed by atoms with E-state index in [2.05, 4.69) is 44.5 Å². The predicted octanol–water partition coefficient (Wildman–Crippen LogP) is 5.09. The van der Waals surface area contributed by atoms with E-state index >= 15 is 0 Å². The van der Waals surface area contributed by atoms with Gasteiger partial charge < -0.3 is 20.3 Å². The lowest BCUT2D eigenvalue weighted by atomic mass is 9.86. The zero-order valence-electron chi connectivity index (χ0n) is 24.0. The van der Waals surface area contributed by atoms with Gasteiger partial charge in [0.15, 0.2) is 0 Å². The molecular formula is C34H36F2N4O3. The number of amides is 2. The normalized spacial score (nSPS) is 19.7. The highest BCUT2D eigenvalue weighted by Gasteiger charge is 2.39. The Labute approximate surface area is 250 Å². The van der Waals surface area contributed by atoms with Crippen molar-refractivity contribution >= 4 is 23.1 Å². The molecule has 0 unspecified atom stereocenters. The number of hydrogen-bond donors (Lipinski definition) is 2. The zero-order valence-corrected chi connectivity index (χ0v) is 24.0. The number of piperazine rings is 1. The number of fused-ring (bicyclic) bond motifs is 1. The Bertz CT molecular complexity index is 1470. The number of likely N-dealkylation sites (tertiary alicyclic amines) is 1. The molecule has 3 aliphatic rings. The number of alkyl halides is 2. The van der Waals surface area contributed by atoms with Gasteiger partial charge in [-0.3, -0.25) is 14.5 Å². The summed E-state index contributed by atoms with van der Waals surface area (Å²) in [5, 5.41) is 6.45. The number of carbonyl (C=O) groups is 2. The molecule has 0 aromatic heterocycles. The number of benzene rings is 3. The minimum atomic E-state index is -2.87. The van der Waals surface area contributed by atoms with Gasteiger partial charge in [0.2, 0.25) is 11.8 Å². The van der Waals surface area contributed by atoms with Gasteiger partial charge in [0.05, 0.1) is 6.54 Å². The molecule has 2 N–H and O–H groups in total. The zero-order chi connectivity index (χ0) is 29.8. The van der Waals surface area contributed by atoms with E-state index in [4.69, 9.17) is 0 Å². The lowest BCUT2D eigenvalue weighted by Crippen LogP contribution is -2.61. The van der Waals surface area contributed by atoms with Crippen LogP contribution < -0.4 is 15.4 Å². The van der Waals surface area contributed by atoms with Crippen molar-refractivity contribution in [3.8, 4) is 5.75 Å². The van der Waals surface area contributed by atoms with Crippen molar-refractivity contribution in [2.24, 2.45) is 0 Å². The third-order valence-electron chi connectivity index (χ3n) is 8.62. The molecule has 3 aromatic rings. The van der Waals surface area contributed by atoms with Gasteiger partial charge in [-0.1, -0.05) is 60.7 Å². The molecule has 1 atom stereocenters. The number of piperidine rings is 1. The third kappa shape index (κ3) is 6.88. The van der Waals surface area contributed by atoms with Crippen LogP contribution in [0.1, 0.15) is 36.0 Å². The number of hydrogen-bond acceptors (Lipinski definition) is 5. The summed E-state index contributed by atoms with van der Waals surface area (Å²) in [4.78, 5) is 31.1. The standard InChI is InChI=1S/C34H36F2N4O3/c35-34(36)43-27-12-10-23(11-13-27)18-25-20-37-30-9-5-4-8-28(30)29(25)19-31-33(42)40(22-32(41)38-31)26-14-16-39(17-15-26)21-24-6-2-1-3-7-24/h1-13,26,31,34,37H,14-22H2,(H,38,41)/t31-/m1/s1. The lowest BCUT2D eigenvalue weighted by Gasteiger charge is -2.42. The number of anilines is 1. The van der Waals surface area contributed by atoms with Gasteiger partial charge in [-0.2, -0.15) is 8.78 Å². The van der Waals surface area contributed by atoms with Crippen LogP contribution in [0.25, 0.3) is 5.57 Å². The Balaban J connectivity index is 1.18. The Morgan fingerprint density at radius 1 is 0.884 bits per heavy atom. The lowest BCUT2D eigenvalue weighted by molar-refractivity contribution is -0.147. The summed E-state index contributed by atoms with van der Waals surface area (Å²) < 4.78 is 29.7. The summed E-state index contributed by atoms with van der Waals surface area (Å²) in [7, 11) is 0. The van der Waals surface area contributed by atoms with Crippen LogP contribution in [0.3, 0.4) is 0 Å². The number of ether oxygens (including phenoxy) is 1. The average molecular weight is 587 g/mol. The van der Waals surface area contributed by atoms with Gasteiger partial charge in [0.25, 0.3) is 0 Å². The molecule has 0 aliphatic carbocycles. The van der Waals surface area contributed by atoms with E-state index in [0.717, 1.165) is 60.4 Å². The highest BCUT2D eigenvalue weighted by atomic mass is 19.3. The van der Waals surface area contributed by atoms with Gasteiger partial charge in [0, 0.05) is 49.9 Å². The molecule has 224 valence electrons. The molecule has 7 nitrogen and oxygen atoms in total. The molecule has 43 heavy (non-hydrogen) atoms. The molecular weight excluding hydrogens is 550 g/mol. The summed E-state index contributed by atoms with van der Waals surface area (Å²) in [5.74, 6) is -0.0469. The van der Waals surface area contributed by atoms with Crippen molar-refractivity contribution in [2.75, 3.05) is 31.5 Å². The fourth-order valence-corrected chi connectivity index (χ4v) is 6.47. The van der Waals surface area contributed by atoms with Crippen molar-refractivity contribution in [2.45, 2.75) is 50.9 Å². The summed E-state index contributed by atoms with van der Waals surface area (Å²) in [6.45, 7) is 0.451. The van der Waals surface area contributed by atoms with E-state index in [1.54, 1.807) is 29.2 Å². The van der Waals surface area contributed by atoms with Crippen LogP contribution in [0.15, 0.2) is 84.4 Å². The maximum Gasteiger partial charge on any atom is 0.387 e. The monoisotopic (exact) mass is 586 g/mol. The number of nitrogens with zero attached hydrogens (tertiary/aromatic N) is 2. The summed E-state index contributed by atoms with van der Waals surface area (Å²) in [6.07, 6.45) is 2.63. The van der Waals surface area contributed by atoms with E-state index in [9.17, 15) is 18.4 Å². The first-order valence-corrected chi connectivity index (χ1v) is 14.9. The molecule has 3 aliphatic heterocycles. The largest absolute Gasteiger partial charge is 0.435 e. The fraction of sp³-hybridized carbons (Fsp3) is 0.353. The SMILES string of the molecule is O=C1CN(C2CCN(Cc3ccccc3)CC2)C(=O)[C@@H](CC2=C(Cc3ccc(OC(F)F)cc3)CNc3ccccc32)N1. The highest BCUT2D eigenvalue weighted by molar-refractivity contribution is 5.97. The quantitative estimate of drug-likeness (QED) is 0.366. The minimum absolute atomic E-state index is 0.0301. The smallest absolute Gasteiger partial charge is 0.387 e. The van der Waals surface area contributed by atoms with E-state index in [1.165, 1.54) is 5.56 Å². The van der Waals surface area contributed by atoms with Crippen molar-refractivity contribution in [1.29, 1.82) is 0 Å². The van der Waals surface area contributed by atoms with Crippen LogP contribution in [0.2, 0.25) is 0 Å². The third-order valence-corrected chi connectivity index (χ3v) is 8.62. The molecule has 0 spiro atoms. The predicted molar refractivity (Wildman–Crippen MR) is 162 cm³/mol. The maximum absolute atomic E-state index is 13.9. The second kappa shape index (κ2) is 13.0. The average Bonchev–Trinajstić information content (AvgIpc) is 3.01. The van der Waals surface area contributed by atoms with Crippen molar-refractivity contribution < 1.29 is 23.1 Å². The van der Waals surface area contributed by atoms with Crippen LogP contribution in [0, 0.1) is 0 Å². The van der Waals surface area contributed by atoms with Crippen LogP contribution in [0.4, 0.5) is 14.5 Å². The minimum Gasteiger partial charge on any atom is -0.435 e. The fourth-order valence-electron chi connectivity index (χ4n) is 6.47. The van der Waals surface area contributed by atoms with E-state index in [1.807, 2.05) is 30.3 Å². The van der Waals surface area contributed by atoms with Crippen LogP contribution in [0.5, 0.6) is 5.75 Å². The summed E-state index contributed by atoms with van der Waals surface area (Å²) >= 11 is 0. The number of halogens is 2. The molecule has 3 heterocycles. The topological polar surface area (TPSA) is 73.9 Å². The molecule has 3 aromatic carbocycles. The molecule has 0 bridgehead atoms. The highest BCUT2D eigenvalue weighted by Crippen LogP contribution is 2.36. The van der Waals surface area contributed by atoms with Crippen LogP contribution in [-0.4, -0.2) is 66.5 Å². The first-order chi connectivity index (χ1) is 20.9. The van der Waals surface area contributed by atoms with E-state index in [-0.39, 0.29) is 30.2 Å². The number of para-hydroxylation sites is 1. The molecule has 6 rings (SSSR count). The molecule has 9 heteroatoms.